The first-order chi connectivity index (χ1) is 12.2. The molecular weight excluding hydrogens is 355 g/mol. The molecule has 1 aliphatic carbocycles. The van der Waals surface area contributed by atoms with Crippen LogP contribution in [0.15, 0.2) is 36.4 Å². The summed E-state index contributed by atoms with van der Waals surface area (Å²) in [5.41, 5.74) is 5.72. The summed E-state index contributed by atoms with van der Waals surface area (Å²) in [6.07, 6.45) is 0. The number of hydrogen-bond acceptors (Lipinski definition) is 5. The van der Waals surface area contributed by atoms with Gasteiger partial charge in [0.05, 0.1) is 5.56 Å². The Bertz CT molecular complexity index is 976. The van der Waals surface area contributed by atoms with Gasteiger partial charge in [0.1, 0.15) is 5.75 Å². The zero-order valence-corrected chi connectivity index (χ0v) is 15.1. The summed E-state index contributed by atoms with van der Waals surface area (Å²) in [5.74, 6) is -2.26. The fourth-order valence-electron chi connectivity index (χ4n) is 3.87. The van der Waals surface area contributed by atoms with Gasteiger partial charge in [-0.15, -0.1) is 4.89 Å². The van der Waals surface area contributed by atoms with Crippen molar-refractivity contribution in [3.8, 4) is 5.75 Å². The second-order valence-electron chi connectivity index (χ2n) is 6.89. The lowest BCUT2D eigenvalue weighted by Gasteiger charge is -2.29. The molecular formula is C18H18N2O5P+. The van der Waals surface area contributed by atoms with Gasteiger partial charge in [-0.25, -0.2) is 0 Å². The number of rotatable bonds is 3. The number of ketones is 1. The van der Waals surface area contributed by atoms with Crippen molar-refractivity contribution in [3.05, 3.63) is 58.7 Å². The molecule has 4 rings (SSSR count). The number of nitrogens with two attached hydrogens (primary N) is 1. The number of carbonyl (C=O) groups excluding carboxylic acids is 1. The molecule has 3 unspecified atom stereocenters. The smallest absolute Gasteiger partial charge is 0.455 e. The van der Waals surface area contributed by atoms with Gasteiger partial charge >= 0.3 is 8.18 Å². The van der Waals surface area contributed by atoms with Gasteiger partial charge < -0.3 is 15.6 Å². The van der Waals surface area contributed by atoms with Crippen molar-refractivity contribution in [2.75, 3.05) is 5.73 Å². The molecule has 2 aromatic rings. The SMILES string of the molecule is CC(C)c1ccc2c(c1)OC1(O)c3cccc(N)c3C(=O)C21N[P+](=O)O. The molecule has 0 amide bonds. The van der Waals surface area contributed by atoms with E-state index < -0.39 is 25.3 Å². The van der Waals surface area contributed by atoms with Crippen LogP contribution in [0.5, 0.6) is 5.75 Å². The normalized spacial score (nSPS) is 26.3. The minimum Gasteiger partial charge on any atom is -0.455 e. The van der Waals surface area contributed by atoms with Crippen molar-refractivity contribution < 1.29 is 24.1 Å². The van der Waals surface area contributed by atoms with Crippen molar-refractivity contribution in [2.24, 2.45) is 0 Å². The molecule has 2 aliphatic rings. The van der Waals surface area contributed by atoms with Crippen LogP contribution >= 0.6 is 8.18 Å². The molecule has 26 heavy (non-hydrogen) atoms. The Morgan fingerprint density at radius 2 is 1.96 bits per heavy atom. The largest absolute Gasteiger partial charge is 0.611 e. The fourth-order valence-corrected chi connectivity index (χ4v) is 4.53. The third kappa shape index (κ3) is 1.91. The van der Waals surface area contributed by atoms with Crippen LogP contribution in [0.1, 0.15) is 46.8 Å². The predicted octanol–water partition coefficient (Wildman–Crippen LogP) is 2.26. The van der Waals surface area contributed by atoms with E-state index in [1.807, 2.05) is 19.9 Å². The minimum atomic E-state index is -2.97. The average Bonchev–Trinajstić information content (AvgIpc) is 2.92. The average molecular weight is 373 g/mol. The van der Waals surface area contributed by atoms with Gasteiger partial charge in [-0.1, -0.05) is 43.2 Å². The number of ether oxygens (including phenoxy) is 1. The fraction of sp³-hybridized carbons (Fsp3) is 0.278. The van der Waals surface area contributed by atoms with Crippen LogP contribution in [0.25, 0.3) is 0 Å². The van der Waals surface area contributed by atoms with Gasteiger partial charge in [-0.05, 0) is 28.2 Å². The first kappa shape index (κ1) is 17.1. The third-order valence-corrected chi connectivity index (χ3v) is 5.66. The van der Waals surface area contributed by atoms with E-state index in [4.69, 9.17) is 10.5 Å². The molecule has 1 heterocycles. The molecule has 1 aliphatic heterocycles. The molecule has 0 saturated carbocycles. The van der Waals surface area contributed by atoms with Gasteiger partial charge in [0.2, 0.25) is 11.3 Å². The Morgan fingerprint density at radius 1 is 1.23 bits per heavy atom. The highest BCUT2D eigenvalue weighted by Gasteiger charge is 2.74. The minimum absolute atomic E-state index is 0.0953. The molecule has 0 radical (unpaired) electrons. The van der Waals surface area contributed by atoms with E-state index in [1.54, 1.807) is 18.2 Å². The molecule has 0 saturated heterocycles. The summed E-state index contributed by atoms with van der Waals surface area (Å²) in [4.78, 5) is 22.9. The Labute approximate surface area is 150 Å². The summed E-state index contributed by atoms with van der Waals surface area (Å²) in [5, 5.41) is 13.8. The van der Waals surface area contributed by atoms with E-state index in [-0.39, 0.29) is 22.7 Å². The number of benzene rings is 2. The van der Waals surface area contributed by atoms with Crippen LogP contribution in [-0.2, 0) is 15.9 Å². The number of nitrogens with one attached hydrogen (secondary N) is 1. The van der Waals surface area contributed by atoms with Gasteiger partial charge in [0.15, 0.2) is 0 Å². The maximum atomic E-state index is 13.3. The molecule has 0 bridgehead atoms. The first-order valence-electron chi connectivity index (χ1n) is 8.16. The Morgan fingerprint density at radius 3 is 2.62 bits per heavy atom. The van der Waals surface area contributed by atoms with Crippen LogP contribution in [0.2, 0.25) is 0 Å². The monoisotopic (exact) mass is 373 g/mol. The lowest BCUT2D eigenvalue weighted by Crippen LogP contribution is -2.56. The maximum absolute atomic E-state index is 13.3. The third-order valence-electron chi connectivity index (χ3n) is 5.14. The van der Waals surface area contributed by atoms with E-state index in [1.165, 1.54) is 12.1 Å². The summed E-state index contributed by atoms with van der Waals surface area (Å²) in [6.45, 7) is 4.01. The van der Waals surface area contributed by atoms with Crippen LogP contribution in [0, 0.1) is 0 Å². The number of aliphatic hydroxyl groups is 1. The number of hydrogen-bond donors (Lipinski definition) is 4. The molecule has 3 atom stereocenters. The molecule has 0 fully saturated rings. The number of anilines is 1. The first-order valence-corrected chi connectivity index (χ1v) is 9.37. The zero-order valence-electron chi connectivity index (χ0n) is 14.2. The lowest BCUT2D eigenvalue weighted by atomic mass is 9.83. The number of fused-ring (bicyclic) bond motifs is 5. The summed E-state index contributed by atoms with van der Waals surface area (Å²) in [7, 11) is -2.97. The van der Waals surface area contributed by atoms with Crippen molar-refractivity contribution in [3.63, 3.8) is 0 Å². The topological polar surface area (TPSA) is 122 Å². The van der Waals surface area contributed by atoms with Gasteiger partial charge in [0.25, 0.3) is 5.79 Å². The standard InChI is InChI=1S/C18H17N2O5P/c1-9(2)10-6-7-11-14(8-10)25-18(22)12-4-3-5-13(19)15(12)16(21)17(11,18)20-26(23)24/h3-9,22H,1-2H3,(H3-,19,20,21,23,24)/p+1. The highest BCUT2D eigenvalue weighted by Crippen LogP contribution is 2.60. The van der Waals surface area contributed by atoms with Gasteiger partial charge in [-0.2, -0.15) is 0 Å². The number of nitrogen functional groups attached to an aromatic ring is 1. The van der Waals surface area contributed by atoms with E-state index in [9.17, 15) is 19.4 Å². The number of carbonyl (C=O) groups is 1. The van der Waals surface area contributed by atoms with Crippen LogP contribution in [-0.4, -0.2) is 15.8 Å². The molecule has 7 nitrogen and oxygen atoms in total. The van der Waals surface area contributed by atoms with E-state index in [0.29, 0.717) is 11.3 Å². The molecule has 134 valence electrons. The summed E-state index contributed by atoms with van der Waals surface area (Å²) < 4.78 is 17.5. The summed E-state index contributed by atoms with van der Waals surface area (Å²) >= 11 is 0. The van der Waals surface area contributed by atoms with Crippen LogP contribution in [0.4, 0.5) is 5.69 Å². The molecule has 8 heteroatoms. The molecule has 2 aromatic carbocycles. The maximum Gasteiger partial charge on any atom is 0.611 e. The number of Topliss-reactive ketones (excluding diaryl/α,β-unsaturated/α-hetero) is 1. The van der Waals surface area contributed by atoms with Crippen LogP contribution in [0.3, 0.4) is 0 Å². The predicted molar refractivity (Wildman–Crippen MR) is 94.9 cm³/mol. The highest BCUT2D eigenvalue weighted by atomic mass is 31.1. The summed E-state index contributed by atoms with van der Waals surface area (Å²) in [6, 6.07) is 9.87. The van der Waals surface area contributed by atoms with Gasteiger partial charge in [0, 0.05) is 16.8 Å². The Hall–Kier alpha value is -2.31. The second kappa shape index (κ2) is 5.34. The van der Waals surface area contributed by atoms with E-state index >= 15 is 0 Å². The quantitative estimate of drug-likeness (QED) is 0.481. The highest BCUT2D eigenvalue weighted by molar-refractivity contribution is 7.35. The lowest BCUT2D eigenvalue weighted by molar-refractivity contribution is -0.167. The van der Waals surface area contributed by atoms with Crippen molar-refractivity contribution in [1.82, 2.24) is 5.09 Å². The molecule has 0 aromatic heterocycles. The van der Waals surface area contributed by atoms with Crippen molar-refractivity contribution >= 4 is 19.6 Å². The Kier molecular flexibility index (Phi) is 3.52. The van der Waals surface area contributed by atoms with Crippen molar-refractivity contribution in [2.45, 2.75) is 31.1 Å². The molecule has 0 spiro atoms. The second-order valence-corrected chi connectivity index (χ2v) is 7.66. The molecule has 5 N–H and O–H groups in total. The van der Waals surface area contributed by atoms with E-state index in [0.717, 1.165) is 5.56 Å². The van der Waals surface area contributed by atoms with Crippen molar-refractivity contribution in [1.29, 1.82) is 0 Å². The van der Waals surface area contributed by atoms with Crippen LogP contribution < -0.4 is 15.6 Å². The zero-order chi connectivity index (χ0) is 18.9. The Balaban J connectivity index is 2.03. The van der Waals surface area contributed by atoms with E-state index in [2.05, 4.69) is 5.09 Å². The van der Waals surface area contributed by atoms with Gasteiger partial charge in [-0.3, -0.25) is 4.79 Å².